The van der Waals surface area contributed by atoms with Gasteiger partial charge in [-0.25, -0.2) is 0 Å². The highest BCUT2D eigenvalue weighted by atomic mass is 15.4. The maximum Gasteiger partial charge on any atom is 0.245 e. The van der Waals surface area contributed by atoms with E-state index in [1.165, 1.54) is 12.8 Å². The lowest BCUT2D eigenvalue weighted by Crippen LogP contribution is -2.51. The number of aromatic amines is 1. The molecule has 1 aromatic heterocycles. The molecule has 100 valence electrons. The molecule has 2 heterocycles. The van der Waals surface area contributed by atoms with Crippen LogP contribution in [0.3, 0.4) is 0 Å². The van der Waals surface area contributed by atoms with Gasteiger partial charge in [-0.1, -0.05) is 6.92 Å². The number of nitrogens with two attached hydrogens (primary N) is 1. The highest BCUT2D eigenvalue weighted by Gasteiger charge is 2.32. The van der Waals surface area contributed by atoms with Gasteiger partial charge in [-0.15, -0.1) is 5.10 Å². The molecule has 3 rings (SSSR count). The van der Waals surface area contributed by atoms with Gasteiger partial charge in [-0.2, -0.15) is 4.98 Å². The summed E-state index contributed by atoms with van der Waals surface area (Å²) in [5.41, 5.74) is 6.12. The molecule has 1 saturated carbocycles. The molecule has 1 aliphatic heterocycles. The molecule has 0 radical (unpaired) electrons. The van der Waals surface area contributed by atoms with E-state index in [1.54, 1.807) is 0 Å². The summed E-state index contributed by atoms with van der Waals surface area (Å²) in [6, 6.07) is 0.570. The fourth-order valence-corrected chi connectivity index (χ4v) is 2.87. The predicted molar refractivity (Wildman–Crippen MR) is 71.5 cm³/mol. The van der Waals surface area contributed by atoms with Crippen molar-refractivity contribution >= 4 is 5.95 Å². The number of nitrogens with zero attached hydrogens (tertiary/aromatic N) is 3. The Morgan fingerprint density at radius 1 is 1.39 bits per heavy atom. The standard InChI is InChI=1S/C13H23N5/c1-8(10-5-6-10)12-15-13(17-16-12)18-7-3-4-11(14)9(18)2/h8-11H,3-7,14H2,1-2H3,(H,15,16,17). The average Bonchev–Trinajstić information content (AvgIpc) is 3.10. The lowest BCUT2D eigenvalue weighted by atomic mass is 9.99. The second-order valence-corrected chi connectivity index (χ2v) is 5.89. The van der Waals surface area contributed by atoms with Gasteiger partial charge in [-0.05, 0) is 38.5 Å². The van der Waals surface area contributed by atoms with Crippen LogP contribution in [-0.2, 0) is 0 Å². The van der Waals surface area contributed by atoms with Crippen molar-refractivity contribution in [2.24, 2.45) is 11.7 Å². The second-order valence-electron chi connectivity index (χ2n) is 5.89. The van der Waals surface area contributed by atoms with Gasteiger partial charge in [0.15, 0.2) is 0 Å². The molecule has 0 amide bonds. The third-order valence-electron chi connectivity index (χ3n) is 4.56. The minimum atomic E-state index is 0.238. The second kappa shape index (κ2) is 4.53. The van der Waals surface area contributed by atoms with Gasteiger partial charge in [-0.3, -0.25) is 5.10 Å². The molecule has 3 atom stereocenters. The summed E-state index contributed by atoms with van der Waals surface area (Å²) in [5, 5.41) is 7.51. The zero-order valence-corrected chi connectivity index (χ0v) is 11.3. The number of rotatable bonds is 3. The van der Waals surface area contributed by atoms with Crippen LogP contribution in [0.2, 0.25) is 0 Å². The number of aromatic nitrogens is 3. The first-order valence-corrected chi connectivity index (χ1v) is 7.11. The SMILES string of the molecule is CC(c1nc(N2CCCC(N)C2C)n[nH]1)C1CC1. The van der Waals surface area contributed by atoms with Gasteiger partial charge in [0.2, 0.25) is 5.95 Å². The molecule has 3 unspecified atom stereocenters. The van der Waals surface area contributed by atoms with Gasteiger partial charge in [0.05, 0.1) is 0 Å². The summed E-state index contributed by atoms with van der Waals surface area (Å²) >= 11 is 0. The van der Waals surface area contributed by atoms with E-state index >= 15 is 0 Å². The fraction of sp³-hybridized carbons (Fsp3) is 0.846. The van der Waals surface area contributed by atoms with Crippen LogP contribution < -0.4 is 10.6 Å². The van der Waals surface area contributed by atoms with Gasteiger partial charge < -0.3 is 10.6 Å². The van der Waals surface area contributed by atoms with Gasteiger partial charge in [0.25, 0.3) is 0 Å². The van der Waals surface area contributed by atoms with Crippen molar-refractivity contribution in [1.29, 1.82) is 0 Å². The normalized spacial score (nSPS) is 30.5. The molecule has 1 aliphatic carbocycles. The third-order valence-corrected chi connectivity index (χ3v) is 4.56. The van der Waals surface area contributed by atoms with Gasteiger partial charge in [0.1, 0.15) is 5.82 Å². The number of hydrogen-bond donors (Lipinski definition) is 2. The van der Waals surface area contributed by atoms with E-state index in [0.29, 0.717) is 12.0 Å². The monoisotopic (exact) mass is 249 g/mol. The van der Waals surface area contributed by atoms with Crippen molar-refractivity contribution < 1.29 is 0 Å². The molecule has 2 fully saturated rings. The first kappa shape index (κ1) is 12.0. The number of anilines is 1. The van der Waals surface area contributed by atoms with Crippen molar-refractivity contribution in [2.75, 3.05) is 11.4 Å². The Morgan fingerprint density at radius 3 is 2.89 bits per heavy atom. The van der Waals surface area contributed by atoms with E-state index in [1.807, 2.05) is 0 Å². The number of nitrogens with one attached hydrogen (secondary N) is 1. The van der Waals surface area contributed by atoms with E-state index in [9.17, 15) is 0 Å². The summed E-state index contributed by atoms with van der Waals surface area (Å²) in [7, 11) is 0. The van der Waals surface area contributed by atoms with Crippen molar-refractivity contribution in [2.45, 2.75) is 57.5 Å². The Bertz CT molecular complexity index is 411. The molecule has 0 aromatic carbocycles. The van der Waals surface area contributed by atoms with Crippen molar-refractivity contribution in [1.82, 2.24) is 15.2 Å². The summed E-state index contributed by atoms with van der Waals surface area (Å²) in [5.74, 6) is 3.20. The molecule has 1 aromatic rings. The maximum atomic E-state index is 6.12. The van der Waals surface area contributed by atoms with E-state index in [0.717, 1.165) is 37.1 Å². The van der Waals surface area contributed by atoms with Crippen molar-refractivity contribution in [3.05, 3.63) is 5.82 Å². The highest BCUT2D eigenvalue weighted by Crippen LogP contribution is 2.41. The first-order valence-electron chi connectivity index (χ1n) is 7.11. The van der Waals surface area contributed by atoms with Crippen LogP contribution in [-0.4, -0.2) is 33.8 Å². The van der Waals surface area contributed by atoms with Gasteiger partial charge in [0, 0.05) is 24.5 Å². The molecule has 5 heteroatoms. The summed E-state index contributed by atoms with van der Waals surface area (Å²) < 4.78 is 0. The fourth-order valence-electron chi connectivity index (χ4n) is 2.87. The Labute approximate surface area is 108 Å². The lowest BCUT2D eigenvalue weighted by molar-refractivity contribution is 0.415. The zero-order valence-electron chi connectivity index (χ0n) is 11.3. The molecule has 18 heavy (non-hydrogen) atoms. The first-order chi connectivity index (χ1) is 8.66. The third kappa shape index (κ3) is 2.11. The van der Waals surface area contributed by atoms with Crippen LogP contribution in [0.4, 0.5) is 5.95 Å². The molecule has 2 aliphatic rings. The minimum absolute atomic E-state index is 0.238. The largest absolute Gasteiger partial charge is 0.335 e. The molecule has 1 saturated heterocycles. The number of hydrogen-bond acceptors (Lipinski definition) is 4. The van der Waals surface area contributed by atoms with Crippen LogP contribution in [0.1, 0.15) is 51.3 Å². The summed E-state index contributed by atoms with van der Waals surface area (Å²) in [4.78, 5) is 6.93. The summed E-state index contributed by atoms with van der Waals surface area (Å²) in [6.07, 6.45) is 4.91. The summed E-state index contributed by atoms with van der Waals surface area (Å²) in [6.45, 7) is 5.43. The molecule has 3 N–H and O–H groups in total. The van der Waals surface area contributed by atoms with Crippen LogP contribution in [0.25, 0.3) is 0 Å². The Kier molecular flexibility index (Phi) is 3.01. The van der Waals surface area contributed by atoms with E-state index in [2.05, 4.69) is 33.9 Å². The highest BCUT2D eigenvalue weighted by molar-refractivity contribution is 5.33. The van der Waals surface area contributed by atoms with E-state index in [-0.39, 0.29) is 6.04 Å². The van der Waals surface area contributed by atoms with Crippen LogP contribution >= 0.6 is 0 Å². The number of H-pyrrole nitrogens is 1. The van der Waals surface area contributed by atoms with E-state index < -0.39 is 0 Å². The number of piperidine rings is 1. The van der Waals surface area contributed by atoms with Crippen LogP contribution in [0.15, 0.2) is 0 Å². The van der Waals surface area contributed by atoms with Gasteiger partial charge >= 0.3 is 0 Å². The van der Waals surface area contributed by atoms with Crippen LogP contribution in [0, 0.1) is 5.92 Å². The Balaban J connectivity index is 1.75. The molecular formula is C13H23N5. The average molecular weight is 249 g/mol. The predicted octanol–water partition coefficient (Wildman–Crippen LogP) is 1.63. The topological polar surface area (TPSA) is 70.8 Å². The van der Waals surface area contributed by atoms with E-state index in [4.69, 9.17) is 5.73 Å². The molecular weight excluding hydrogens is 226 g/mol. The quantitative estimate of drug-likeness (QED) is 0.854. The smallest absolute Gasteiger partial charge is 0.245 e. The van der Waals surface area contributed by atoms with Crippen molar-refractivity contribution in [3.63, 3.8) is 0 Å². The molecule has 0 bridgehead atoms. The minimum Gasteiger partial charge on any atom is -0.335 e. The Hall–Kier alpha value is -1.10. The lowest BCUT2D eigenvalue weighted by Gasteiger charge is -2.36. The zero-order chi connectivity index (χ0) is 12.7. The molecule has 0 spiro atoms. The maximum absolute atomic E-state index is 6.12. The molecule has 5 nitrogen and oxygen atoms in total. The van der Waals surface area contributed by atoms with Crippen molar-refractivity contribution in [3.8, 4) is 0 Å². The van der Waals surface area contributed by atoms with Crippen LogP contribution in [0.5, 0.6) is 0 Å². The Morgan fingerprint density at radius 2 is 2.17 bits per heavy atom.